The maximum Gasteiger partial charge on any atom is 0.573 e. The van der Waals surface area contributed by atoms with Crippen LogP contribution in [0, 0.1) is 0 Å². The average Bonchev–Trinajstić information content (AvgIpc) is 3.53. The molecule has 12 nitrogen and oxygen atoms in total. The van der Waals surface area contributed by atoms with E-state index in [2.05, 4.69) is 15.4 Å². The Balaban J connectivity index is 0.00000202. The Hall–Kier alpha value is -5.45. The first-order valence-electron chi connectivity index (χ1n) is 16.4. The topological polar surface area (TPSA) is 166 Å². The lowest BCUT2D eigenvalue weighted by Gasteiger charge is -2.30. The molecule has 2 atom stereocenters. The summed E-state index contributed by atoms with van der Waals surface area (Å²) >= 11 is 0. The second kappa shape index (κ2) is 18.3. The van der Waals surface area contributed by atoms with Crippen molar-refractivity contribution in [3.63, 3.8) is 0 Å². The fourth-order valence-electron chi connectivity index (χ4n) is 5.88. The number of halogens is 3. The van der Waals surface area contributed by atoms with E-state index in [9.17, 15) is 36.3 Å². The molecule has 1 fully saturated rings. The van der Waals surface area contributed by atoms with Gasteiger partial charge < -0.3 is 30.5 Å². The van der Waals surface area contributed by atoms with Gasteiger partial charge in [0, 0.05) is 26.1 Å². The van der Waals surface area contributed by atoms with E-state index in [1.54, 1.807) is 42.5 Å². The van der Waals surface area contributed by atoms with Crippen LogP contribution in [-0.4, -0.2) is 74.8 Å². The fourth-order valence-corrected chi connectivity index (χ4v) is 6.89. The minimum absolute atomic E-state index is 0.0435. The molecule has 282 valence electrons. The molecule has 5 rings (SSSR count). The van der Waals surface area contributed by atoms with Gasteiger partial charge in [0.1, 0.15) is 5.75 Å². The van der Waals surface area contributed by atoms with Gasteiger partial charge in [0.15, 0.2) is 0 Å². The first kappa shape index (κ1) is 40.3. The van der Waals surface area contributed by atoms with E-state index in [0.717, 1.165) is 16.1 Å². The van der Waals surface area contributed by atoms with Gasteiger partial charge in [0.25, 0.3) is 12.4 Å². The molecule has 16 heteroatoms. The van der Waals surface area contributed by atoms with Gasteiger partial charge in [-0.3, -0.25) is 14.4 Å². The Bertz CT molecular complexity index is 1950. The Labute approximate surface area is 304 Å². The molecule has 0 saturated carbocycles. The summed E-state index contributed by atoms with van der Waals surface area (Å²) < 4.78 is 69.7. The van der Waals surface area contributed by atoms with Crippen LogP contribution < -0.4 is 24.6 Å². The van der Waals surface area contributed by atoms with Gasteiger partial charge in [-0.1, -0.05) is 66.7 Å². The molecule has 0 unspecified atom stereocenters. The van der Waals surface area contributed by atoms with E-state index in [1.165, 1.54) is 35.2 Å². The van der Waals surface area contributed by atoms with Crippen LogP contribution in [0.25, 0.3) is 0 Å². The minimum Gasteiger partial charge on any atom is -0.483 e. The number of carbonyl (C=O) groups is 3. The number of benzene rings is 4. The first-order chi connectivity index (χ1) is 25.2. The summed E-state index contributed by atoms with van der Waals surface area (Å²) in [5.74, 6) is -1.27. The third-order valence-corrected chi connectivity index (χ3v) is 9.11. The molecule has 0 aliphatic carbocycles. The van der Waals surface area contributed by atoms with E-state index in [0.29, 0.717) is 17.7 Å². The zero-order valence-corrected chi connectivity index (χ0v) is 29.4. The van der Waals surface area contributed by atoms with E-state index in [1.807, 2.05) is 30.3 Å². The summed E-state index contributed by atoms with van der Waals surface area (Å²) in [6.07, 6.45) is -4.01. The quantitative estimate of drug-likeness (QED) is 0.130. The van der Waals surface area contributed by atoms with Gasteiger partial charge in [-0.2, -0.15) is 0 Å². The number of anilines is 3. The van der Waals surface area contributed by atoms with Crippen LogP contribution in [0.5, 0.6) is 5.75 Å². The Morgan fingerprint density at radius 3 is 2.21 bits per heavy atom. The molecule has 0 radical (unpaired) electrons. The molecule has 4 N–H and O–H groups in total. The number of carbonyl (C=O) groups excluding carboxylic acids is 2. The van der Waals surface area contributed by atoms with Crippen LogP contribution in [0.4, 0.5) is 30.2 Å². The van der Waals surface area contributed by atoms with Crippen LogP contribution >= 0.6 is 0 Å². The second-order valence-electron chi connectivity index (χ2n) is 12.0. The molecule has 1 saturated heterocycles. The van der Waals surface area contributed by atoms with Crippen molar-refractivity contribution in [3.8, 4) is 5.75 Å². The number of hydrogen-bond donors (Lipinski definition) is 4. The van der Waals surface area contributed by atoms with Crippen molar-refractivity contribution in [3.05, 3.63) is 120 Å². The number of ether oxygens (including phenoxy) is 1. The minimum atomic E-state index is -4.84. The number of rotatable bonds is 14. The molecule has 0 spiro atoms. The van der Waals surface area contributed by atoms with Crippen molar-refractivity contribution in [2.75, 3.05) is 28.6 Å². The predicted octanol–water partition coefficient (Wildman–Crippen LogP) is 5.00. The third kappa shape index (κ3) is 11.5. The number of para-hydroxylation sites is 2. The molecule has 0 bridgehead atoms. The van der Waals surface area contributed by atoms with Crippen LogP contribution in [0.3, 0.4) is 0 Å². The maximum absolute atomic E-state index is 14.2. The molecule has 1 heterocycles. The van der Waals surface area contributed by atoms with Crippen molar-refractivity contribution in [1.29, 1.82) is 0 Å². The van der Waals surface area contributed by atoms with Crippen molar-refractivity contribution in [2.24, 2.45) is 0 Å². The van der Waals surface area contributed by atoms with Crippen LogP contribution in [0.15, 0.2) is 103 Å². The largest absolute Gasteiger partial charge is 0.573 e. The predicted molar refractivity (Wildman–Crippen MR) is 192 cm³/mol. The van der Waals surface area contributed by atoms with Gasteiger partial charge in [-0.25, -0.2) is 12.7 Å². The van der Waals surface area contributed by atoms with E-state index in [4.69, 9.17) is 9.90 Å². The highest BCUT2D eigenvalue weighted by atomic mass is 32.2. The first-order valence-corrected chi connectivity index (χ1v) is 18.2. The van der Waals surface area contributed by atoms with Gasteiger partial charge in [-0.15, -0.1) is 13.2 Å². The van der Waals surface area contributed by atoms with Gasteiger partial charge in [0.05, 0.1) is 41.0 Å². The highest BCUT2D eigenvalue weighted by molar-refractivity contribution is 7.92. The Morgan fingerprint density at radius 2 is 1.60 bits per heavy atom. The van der Waals surface area contributed by atoms with Crippen molar-refractivity contribution in [2.45, 2.75) is 44.3 Å². The Morgan fingerprint density at radius 1 is 0.981 bits per heavy atom. The standard InChI is InChI=1S/C36H37F3N4O6S.CH2O2/c1-50(47,48)43(27-14-6-3-7-15-27)31-18-9-17-29(34(31)42-20-10-19-33(42)45)35(46)41-30(22-25-11-4-2-5-12-25)32(44)24-40-23-26-13-8-16-28(21-26)49-36(37,38)39;2-1-3/h2-9,11-18,21,30,32,40,44H,10,19-20,22-24H2,1H3,(H,41,46);1H,(H,2,3)/t30-,32+;/m0./s1. The van der Waals surface area contributed by atoms with Crippen molar-refractivity contribution in [1.82, 2.24) is 10.6 Å². The number of hydrogen-bond acceptors (Lipinski definition) is 8. The van der Waals surface area contributed by atoms with E-state index >= 15 is 0 Å². The van der Waals surface area contributed by atoms with E-state index < -0.39 is 34.4 Å². The Kier molecular flexibility index (Phi) is 14.0. The lowest BCUT2D eigenvalue weighted by molar-refractivity contribution is -0.274. The molecule has 1 aliphatic heterocycles. The van der Waals surface area contributed by atoms with Gasteiger partial charge in [0.2, 0.25) is 15.9 Å². The summed E-state index contributed by atoms with van der Waals surface area (Å²) in [6, 6.07) is 26.6. The number of nitrogens with zero attached hydrogens (tertiary/aromatic N) is 2. The highest BCUT2D eigenvalue weighted by Gasteiger charge is 2.34. The number of carboxylic acid groups (broad SMARTS) is 1. The third-order valence-electron chi connectivity index (χ3n) is 8.04. The molecule has 2 amide bonds. The smallest absolute Gasteiger partial charge is 0.483 e. The van der Waals surface area contributed by atoms with Crippen LogP contribution in [-0.2, 0) is 32.6 Å². The van der Waals surface area contributed by atoms with E-state index in [-0.39, 0.29) is 67.5 Å². The fraction of sp³-hybridized carbons (Fsp3) is 0.270. The molecule has 1 aliphatic rings. The number of sulfonamides is 1. The summed E-state index contributed by atoms with van der Waals surface area (Å²) in [7, 11) is -3.95. The van der Waals surface area contributed by atoms with Crippen molar-refractivity contribution >= 4 is 45.4 Å². The summed E-state index contributed by atoms with van der Waals surface area (Å²) in [6.45, 7) is 0.0788. The second-order valence-corrected chi connectivity index (χ2v) is 13.8. The number of alkyl halides is 3. The van der Waals surface area contributed by atoms with Crippen LogP contribution in [0.2, 0.25) is 0 Å². The molecule has 4 aromatic rings. The molecule has 0 aromatic heterocycles. The number of aliphatic hydroxyl groups excluding tert-OH is 1. The van der Waals surface area contributed by atoms with Gasteiger partial charge >= 0.3 is 6.36 Å². The SMILES string of the molecule is CS(=O)(=O)N(c1ccccc1)c1cccc(C(=O)N[C@@H](Cc2ccccc2)[C@H](O)CNCc2cccc(OC(F)(F)F)c2)c1N1CCCC1=O.O=CO. The lowest BCUT2D eigenvalue weighted by atomic mass is 10.00. The lowest BCUT2D eigenvalue weighted by Crippen LogP contribution is -2.49. The van der Waals surface area contributed by atoms with Crippen molar-refractivity contribution < 1.29 is 50.9 Å². The maximum atomic E-state index is 14.2. The number of amides is 2. The summed E-state index contributed by atoms with van der Waals surface area (Å²) in [5, 5.41) is 24.2. The number of aliphatic hydroxyl groups is 1. The number of nitrogens with one attached hydrogen (secondary N) is 2. The summed E-state index contributed by atoms with van der Waals surface area (Å²) in [4.78, 5) is 37.1. The molecule has 4 aromatic carbocycles. The normalized spacial score (nSPS) is 14.1. The highest BCUT2D eigenvalue weighted by Crippen LogP contribution is 2.40. The molecule has 53 heavy (non-hydrogen) atoms. The van der Waals surface area contributed by atoms with Crippen LogP contribution in [0.1, 0.15) is 34.3 Å². The monoisotopic (exact) mass is 756 g/mol. The average molecular weight is 757 g/mol. The van der Waals surface area contributed by atoms with Gasteiger partial charge in [-0.05, 0) is 60.4 Å². The zero-order chi connectivity index (χ0) is 38.6. The molecular formula is C37H39F3N4O8S. The summed E-state index contributed by atoms with van der Waals surface area (Å²) in [5.41, 5.74) is 1.91. The molecular weight excluding hydrogens is 717 g/mol. The zero-order valence-electron chi connectivity index (χ0n) is 28.6.